The van der Waals surface area contributed by atoms with Gasteiger partial charge in [-0.25, -0.2) is 4.98 Å². The van der Waals surface area contributed by atoms with Crippen LogP contribution in [0.25, 0.3) is 0 Å². The van der Waals surface area contributed by atoms with Crippen LogP contribution in [-0.2, 0) is 6.54 Å². The minimum Gasteiger partial charge on any atom is -0.357 e. The smallest absolute Gasteiger partial charge is 0.129 e. The third-order valence-electron chi connectivity index (χ3n) is 4.12. The molecule has 3 heteroatoms. The van der Waals surface area contributed by atoms with E-state index in [0.717, 1.165) is 30.5 Å². The van der Waals surface area contributed by atoms with Crippen LogP contribution < -0.4 is 10.2 Å². The first-order valence-electron chi connectivity index (χ1n) is 8.04. The number of aryl methyl sites for hydroxylation is 1. The number of nitrogens with one attached hydrogen (secondary N) is 1. The number of hydrogen-bond donors (Lipinski definition) is 1. The molecule has 1 N–H and O–H groups in total. The molecule has 0 aliphatic heterocycles. The summed E-state index contributed by atoms with van der Waals surface area (Å²) >= 11 is 0. The van der Waals surface area contributed by atoms with Gasteiger partial charge in [-0.15, -0.1) is 0 Å². The Morgan fingerprint density at radius 1 is 1.35 bits per heavy atom. The van der Waals surface area contributed by atoms with Crippen LogP contribution in [-0.4, -0.2) is 24.1 Å². The molecule has 0 aromatic carbocycles. The Labute approximate surface area is 123 Å². The van der Waals surface area contributed by atoms with E-state index in [2.05, 4.69) is 50.0 Å². The van der Waals surface area contributed by atoms with Gasteiger partial charge in [-0.1, -0.05) is 20.3 Å². The van der Waals surface area contributed by atoms with E-state index in [1.165, 1.54) is 31.4 Å². The van der Waals surface area contributed by atoms with E-state index in [1.54, 1.807) is 0 Å². The Hall–Kier alpha value is -1.09. The van der Waals surface area contributed by atoms with E-state index >= 15 is 0 Å². The van der Waals surface area contributed by atoms with Gasteiger partial charge in [-0.3, -0.25) is 0 Å². The van der Waals surface area contributed by atoms with Crippen LogP contribution in [0.5, 0.6) is 0 Å². The van der Waals surface area contributed by atoms with Gasteiger partial charge in [0.15, 0.2) is 0 Å². The fraction of sp³-hybridized carbons (Fsp3) is 0.706. The zero-order valence-electron chi connectivity index (χ0n) is 13.4. The zero-order chi connectivity index (χ0) is 14.5. The Bertz CT molecular complexity index is 424. The Kier molecular flexibility index (Phi) is 5.41. The lowest BCUT2D eigenvalue weighted by Crippen LogP contribution is -2.33. The predicted octanol–water partition coefficient (Wildman–Crippen LogP) is 3.51. The second-order valence-electron chi connectivity index (χ2n) is 6.35. The monoisotopic (exact) mass is 275 g/mol. The summed E-state index contributed by atoms with van der Waals surface area (Å²) in [6.07, 6.45) is 4.20. The van der Waals surface area contributed by atoms with Crippen molar-refractivity contribution in [2.75, 3.05) is 18.0 Å². The van der Waals surface area contributed by atoms with Gasteiger partial charge in [-0.2, -0.15) is 0 Å². The molecule has 1 heterocycles. The Morgan fingerprint density at radius 2 is 2.10 bits per heavy atom. The molecule has 1 saturated carbocycles. The Morgan fingerprint density at radius 3 is 2.65 bits per heavy atom. The maximum absolute atomic E-state index is 4.74. The normalized spacial score (nSPS) is 15.4. The highest BCUT2D eigenvalue weighted by molar-refractivity contribution is 5.42. The number of pyridine rings is 1. The van der Waals surface area contributed by atoms with Gasteiger partial charge >= 0.3 is 0 Å². The molecule has 20 heavy (non-hydrogen) atoms. The summed E-state index contributed by atoms with van der Waals surface area (Å²) in [5.41, 5.74) is 2.46. The number of hydrogen-bond acceptors (Lipinski definition) is 3. The van der Waals surface area contributed by atoms with Crippen LogP contribution in [0, 0.1) is 12.8 Å². The van der Waals surface area contributed by atoms with Crippen molar-refractivity contribution in [2.24, 2.45) is 5.92 Å². The number of rotatable bonds is 7. The topological polar surface area (TPSA) is 28.2 Å². The van der Waals surface area contributed by atoms with Crippen molar-refractivity contribution in [2.45, 2.75) is 59.5 Å². The zero-order valence-corrected chi connectivity index (χ0v) is 13.4. The summed E-state index contributed by atoms with van der Waals surface area (Å²) in [6.45, 7) is 11.8. The van der Waals surface area contributed by atoms with Crippen LogP contribution >= 0.6 is 0 Å². The first-order chi connectivity index (χ1) is 9.58. The largest absolute Gasteiger partial charge is 0.357 e. The number of anilines is 1. The van der Waals surface area contributed by atoms with Gasteiger partial charge in [0.05, 0.1) is 0 Å². The van der Waals surface area contributed by atoms with Crippen LogP contribution in [0.2, 0.25) is 0 Å². The average molecular weight is 275 g/mol. The standard InChI is InChI=1S/C17H29N3/c1-5-20(12-15-7-6-8-15)17-10-16(9-14(4)19-17)11-18-13(2)3/h9-10,13,15,18H,5-8,11-12H2,1-4H3. The van der Waals surface area contributed by atoms with E-state index in [4.69, 9.17) is 4.98 Å². The van der Waals surface area contributed by atoms with Crippen molar-refractivity contribution in [1.29, 1.82) is 0 Å². The molecule has 3 nitrogen and oxygen atoms in total. The first kappa shape index (κ1) is 15.3. The van der Waals surface area contributed by atoms with E-state index < -0.39 is 0 Å². The quantitative estimate of drug-likeness (QED) is 0.825. The molecular weight excluding hydrogens is 246 g/mol. The molecule has 0 spiro atoms. The molecule has 0 amide bonds. The van der Waals surface area contributed by atoms with Gasteiger partial charge in [0.2, 0.25) is 0 Å². The van der Waals surface area contributed by atoms with Gasteiger partial charge in [0, 0.05) is 31.4 Å². The molecule has 0 bridgehead atoms. The van der Waals surface area contributed by atoms with E-state index in [-0.39, 0.29) is 0 Å². The minimum atomic E-state index is 0.518. The summed E-state index contributed by atoms with van der Waals surface area (Å²) in [5, 5.41) is 3.49. The highest BCUT2D eigenvalue weighted by Gasteiger charge is 2.21. The fourth-order valence-corrected chi connectivity index (χ4v) is 2.68. The Balaban J connectivity index is 2.07. The van der Waals surface area contributed by atoms with Gasteiger partial charge in [0.25, 0.3) is 0 Å². The molecule has 1 fully saturated rings. The maximum atomic E-state index is 4.74. The molecular formula is C17H29N3. The third-order valence-corrected chi connectivity index (χ3v) is 4.12. The SMILES string of the molecule is CCN(CC1CCC1)c1cc(CNC(C)C)cc(C)n1. The lowest BCUT2D eigenvalue weighted by molar-refractivity contribution is 0.318. The fourth-order valence-electron chi connectivity index (χ4n) is 2.68. The third kappa shape index (κ3) is 4.20. The van der Waals surface area contributed by atoms with Crippen molar-refractivity contribution in [3.8, 4) is 0 Å². The van der Waals surface area contributed by atoms with Gasteiger partial charge < -0.3 is 10.2 Å². The van der Waals surface area contributed by atoms with Crippen LogP contribution in [0.3, 0.4) is 0 Å². The summed E-state index contributed by atoms with van der Waals surface area (Å²) in [4.78, 5) is 7.18. The second-order valence-corrected chi connectivity index (χ2v) is 6.35. The molecule has 1 aromatic rings. The molecule has 0 radical (unpaired) electrons. The molecule has 0 atom stereocenters. The second kappa shape index (κ2) is 7.07. The highest BCUT2D eigenvalue weighted by atomic mass is 15.2. The van der Waals surface area contributed by atoms with Crippen LogP contribution in [0.15, 0.2) is 12.1 Å². The summed E-state index contributed by atoms with van der Waals surface area (Å²) in [6, 6.07) is 4.96. The van der Waals surface area contributed by atoms with E-state index in [9.17, 15) is 0 Å². The molecule has 0 saturated heterocycles. The molecule has 0 unspecified atom stereocenters. The van der Waals surface area contributed by atoms with E-state index in [1.807, 2.05) is 0 Å². The van der Waals surface area contributed by atoms with Crippen molar-refractivity contribution >= 4 is 5.82 Å². The van der Waals surface area contributed by atoms with Gasteiger partial charge in [-0.05, 0) is 50.3 Å². The lowest BCUT2D eigenvalue weighted by atomic mass is 9.85. The number of nitrogens with zero attached hydrogens (tertiary/aromatic N) is 2. The average Bonchev–Trinajstić information content (AvgIpc) is 2.34. The van der Waals surface area contributed by atoms with Crippen molar-refractivity contribution in [3.63, 3.8) is 0 Å². The molecule has 2 rings (SSSR count). The van der Waals surface area contributed by atoms with Gasteiger partial charge in [0.1, 0.15) is 5.82 Å². The van der Waals surface area contributed by atoms with Crippen molar-refractivity contribution < 1.29 is 0 Å². The van der Waals surface area contributed by atoms with Crippen LogP contribution in [0.4, 0.5) is 5.82 Å². The summed E-state index contributed by atoms with van der Waals surface area (Å²) < 4.78 is 0. The van der Waals surface area contributed by atoms with Crippen LogP contribution in [0.1, 0.15) is 51.3 Å². The molecule has 112 valence electrons. The van der Waals surface area contributed by atoms with Crippen molar-refractivity contribution in [3.05, 3.63) is 23.4 Å². The first-order valence-corrected chi connectivity index (χ1v) is 8.04. The number of aromatic nitrogens is 1. The minimum absolute atomic E-state index is 0.518. The maximum Gasteiger partial charge on any atom is 0.129 e. The van der Waals surface area contributed by atoms with Crippen molar-refractivity contribution in [1.82, 2.24) is 10.3 Å². The highest BCUT2D eigenvalue weighted by Crippen LogP contribution is 2.28. The van der Waals surface area contributed by atoms with E-state index in [0.29, 0.717) is 6.04 Å². The summed E-state index contributed by atoms with van der Waals surface area (Å²) in [5.74, 6) is 2.04. The molecule has 1 aliphatic carbocycles. The molecule has 1 aliphatic rings. The summed E-state index contributed by atoms with van der Waals surface area (Å²) in [7, 11) is 0. The molecule has 1 aromatic heterocycles. The predicted molar refractivity (Wildman–Crippen MR) is 86.2 cm³/mol. The lowest BCUT2D eigenvalue weighted by Gasteiger charge is -2.32.